The Hall–Kier alpha value is -0.920. The van der Waals surface area contributed by atoms with Gasteiger partial charge in [-0.05, 0) is 18.6 Å². The second kappa shape index (κ2) is 7.38. The molecule has 2 rings (SSSR count). The SMILES string of the molecule is COCCn1ncc(Cl)c1C(NN)c1cc(C)ccc1Br. The number of hydrogen-bond donors (Lipinski definition) is 2. The third-order valence-electron chi connectivity index (χ3n) is 3.24. The summed E-state index contributed by atoms with van der Waals surface area (Å²) in [6, 6.07) is 5.84. The van der Waals surface area contributed by atoms with Crippen molar-refractivity contribution in [3.63, 3.8) is 0 Å². The molecule has 5 nitrogen and oxygen atoms in total. The number of hydrazine groups is 1. The van der Waals surface area contributed by atoms with Gasteiger partial charge in [0.2, 0.25) is 0 Å². The van der Waals surface area contributed by atoms with E-state index in [2.05, 4.69) is 32.5 Å². The van der Waals surface area contributed by atoms with Crippen molar-refractivity contribution in [2.24, 2.45) is 5.84 Å². The Morgan fingerprint density at radius 1 is 1.52 bits per heavy atom. The molecule has 0 aliphatic heterocycles. The summed E-state index contributed by atoms with van der Waals surface area (Å²) >= 11 is 9.87. The highest BCUT2D eigenvalue weighted by Crippen LogP contribution is 2.32. The molecule has 1 unspecified atom stereocenters. The summed E-state index contributed by atoms with van der Waals surface area (Å²) in [6.45, 7) is 3.20. The normalized spacial score (nSPS) is 12.6. The van der Waals surface area contributed by atoms with E-state index in [9.17, 15) is 0 Å². The largest absolute Gasteiger partial charge is 0.383 e. The number of benzene rings is 1. The molecule has 1 heterocycles. The van der Waals surface area contributed by atoms with E-state index in [0.29, 0.717) is 18.2 Å². The Bertz CT molecular complexity index is 617. The first-order valence-electron chi connectivity index (χ1n) is 6.50. The predicted octanol–water partition coefficient (Wildman–Crippen LogP) is 2.81. The molecule has 1 aromatic heterocycles. The summed E-state index contributed by atoms with van der Waals surface area (Å²) in [5.74, 6) is 5.78. The highest BCUT2D eigenvalue weighted by molar-refractivity contribution is 9.10. The van der Waals surface area contributed by atoms with Gasteiger partial charge in [-0.2, -0.15) is 5.10 Å². The van der Waals surface area contributed by atoms with Gasteiger partial charge in [0.05, 0.1) is 36.1 Å². The monoisotopic (exact) mass is 372 g/mol. The van der Waals surface area contributed by atoms with Crippen molar-refractivity contribution in [3.05, 3.63) is 50.7 Å². The number of aromatic nitrogens is 2. The number of nitrogens with two attached hydrogens (primary N) is 1. The fourth-order valence-electron chi connectivity index (χ4n) is 2.22. The number of ether oxygens (including phenoxy) is 1. The van der Waals surface area contributed by atoms with Gasteiger partial charge in [0.15, 0.2) is 0 Å². The van der Waals surface area contributed by atoms with Crippen molar-refractivity contribution in [3.8, 4) is 0 Å². The molecule has 21 heavy (non-hydrogen) atoms. The van der Waals surface area contributed by atoms with Crippen molar-refractivity contribution in [2.75, 3.05) is 13.7 Å². The molecular weight excluding hydrogens is 356 g/mol. The van der Waals surface area contributed by atoms with E-state index >= 15 is 0 Å². The van der Waals surface area contributed by atoms with Gasteiger partial charge in [-0.15, -0.1) is 0 Å². The van der Waals surface area contributed by atoms with Crippen LogP contribution < -0.4 is 11.3 Å². The van der Waals surface area contributed by atoms with E-state index in [-0.39, 0.29) is 6.04 Å². The molecule has 0 aliphatic carbocycles. The van der Waals surface area contributed by atoms with Crippen LogP contribution in [0.4, 0.5) is 0 Å². The first-order valence-corrected chi connectivity index (χ1v) is 7.68. The summed E-state index contributed by atoms with van der Waals surface area (Å²) in [5.41, 5.74) is 5.81. The molecule has 2 aromatic rings. The van der Waals surface area contributed by atoms with E-state index < -0.39 is 0 Å². The van der Waals surface area contributed by atoms with Gasteiger partial charge in [-0.25, -0.2) is 5.43 Å². The molecule has 3 N–H and O–H groups in total. The number of halogens is 2. The molecule has 0 saturated carbocycles. The fraction of sp³-hybridized carbons (Fsp3) is 0.357. The fourth-order valence-corrected chi connectivity index (χ4v) is 2.94. The van der Waals surface area contributed by atoms with Crippen LogP contribution in [0.25, 0.3) is 0 Å². The van der Waals surface area contributed by atoms with E-state index in [0.717, 1.165) is 21.3 Å². The van der Waals surface area contributed by atoms with Crippen LogP contribution >= 0.6 is 27.5 Å². The lowest BCUT2D eigenvalue weighted by molar-refractivity contribution is 0.182. The Kier molecular flexibility index (Phi) is 5.78. The van der Waals surface area contributed by atoms with E-state index in [1.54, 1.807) is 13.3 Å². The Morgan fingerprint density at radius 2 is 2.29 bits per heavy atom. The summed E-state index contributed by atoms with van der Waals surface area (Å²) in [5, 5.41) is 4.87. The van der Waals surface area contributed by atoms with Gasteiger partial charge in [-0.1, -0.05) is 45.2 Å². The summed E-state index contributed by atoms with van der Waals surface area (Å²) < 4.78 is 7.88. The Balaban J connectivity index is 2.46. The quantitative estimate of drug-likeness (QED) is 0.604. The van der Waals surface area contributed by atoms with Gasteiger partial charge < -0.3 is 4.74 Å². The van der Waals surface area contributed by atoms with Crippen LogP contribution in [-0.4, -0.2) is 23.5 Å². The molecule has 0 spiro atoms. The lowest BCUT2D eigenvalue weighted by atomic mass is 10.0. The molecule has 1 aromatic carbocycles. The maximum atomic E-state index is 6.30. The van der Waals surface area contributed by atoms with Crippen molar-refractivity contribution in [2.45, 2.75) is 19.5 Å². The van der Waals surface area contributed by atoms with E-state index in [1.807, 2.05) is 23.7 Å². The van der Waals surface area contributed by atoms with Crippen LogP contribution in [0.2, 0.25) is 5.02 Å². The van der Waals surface area contributed by atoms with Crippen LogP contribution in [0.1, 0.15) is 22.9 Å². The first-order chi connectivity index (χ1) is 10.1. The zero-order valence-electron chi connectivity index (χ0n) is 11.9. The summed E-state index contributed by atoms with van der Waals surface area (Å²) in [6.07, 6.45) is 1.63. The van der Waals surface area contributed by atoms with E-state index in [4.69, 9.17) is 22.2 Å². The minimum atomic E-state index is -0.258. The summed E-state index contributed by atoms with van der Waals surface area (Å²) in [7, 11) is 1.65. The number of hydrogen-bond acceptors (Lipinski definition) is 4. The van der Waals surface area contributed by atoms with Gasteiger partial charge in [0.1, 0.15) is 0 Å². The smallest absolute Gasteiger partial charge is 0.0904 e. The minimum absolute atomic E-state index is 0.258. The zero-order valence-corrected chi connectivity index (χ0v) is 14.3. The zero-order chi connectivity index (χ0) is 15.4. The maximum absolute atomic E-state index is 6.30. The molecular formula is C14H18BrClN4O. The first kappa shape index (κ1) is 16.5. The topological polar surface area (TPSA) is 65.1 Å². The number of nitrogens with zero attached hydrogens (tertiary/aromatic N) is 2. The van der Waals surface area contributed by atoms with Crippen LogP contribution in [-0.2, 0) is 11.3 Å². The molecule has 0 fully saturated rings. The molecule has 0 saturated heterocycles. The van der Waals surface area contributed by atoms with Crippen LogP contribution in [0, 0.1) is 6.92 Å². The molecule has 0 radical (unpaired) electrons. The van der Waals surface area contributed by atoms with E-state index in [1.165, 1.54) is 0 Å². The molecule has 7 heteroatoms. The third kappa shape index (κ3) is 3.64. The lowest BCUT2D eigenvalue weighted by Gasteiger charge is -2.20. The highest BCUT2D eigenvalue weighted by Gasteiger charge is 2.23. The average Bonchev–Trinajstić information content (AvgIpc) is 2.83. The molecule has 0 bridgehead atoms. The third-order valence-corrected chi connectivity index (χ3v) is 4.26. The lowest BCUT2D eigenvalue weighted by Crippen LogP contribution is -2.31. The van der Waals surface area contributed by atoms with Crippen molar-refractivity contribution < 1.29 is 4.74 Å². The average molecular weight is 374 g/mol. The number of rotatable bonds is 6. The van der Waals surface area contributed by atoms with Crippen molar-refractivity contribution in [1.29, 1.82) is 0 Å². The summed E-state index contributed by atoms with van der Waals surface area (Å²) in [4.78, 5) is 0. The molecule has 114 valence electrons. The van der Waals surface area contributed by atoms with Gasteiger partial charge in [0.25, 0.3) is 0 Å². The minimum Gasteiger partial charge on any atom is -0.383 e. The van der Waals surface area contributed by atoms with Crippen LogP contribution in [0.15, 0.2) is 28.9 Å². The maximum Gasteiger partial charge on any atom is 0.0904 e. The van der Waals surface area contributed by atoms with Gasteiger partial charge in [0, 0.05) is 11.6 Å². The second-order valence-corrected chi connectivity index (χ2v) is 5.98. The van der Waals surface area contributed by atoms with Crippen molar-refractivity contribution >= 4 is 27.5 Å². The van der Waals surface area contributed by atoms with Crippen LogP contribution in [0.3, 0.4) is 0 Å². The Morgan fingerprint density at radius 3 is 2.95 bits per heavy atom. The van der Waals surface area contributed by atoms with Crippen molar-refractivity contribution in [1.82, 2.24) is 15.2 Å². The predicted molar refractivity (Wildman–Crippen MR) is 87.2 cm³/mol. The highest BCUT2D eigenvalue weighted by atomic mass is 79.9. The molecule has 0 aliphatic rings. The molecule has 1 atom stereocenters. The number of methoxy groups -OCH3 is 1. The molecule has 0 amide bonds. The Labute approximate surface area is 137 Å². The van der Waals surface area contributed by atoms with Crippen LogP contribution in [0.5, 0.6) is 0 Å². The standard InChI is InChI=1S/C14H18BrClN4O/c1-9-3-4-11(15)10(7-9)13(19-17)14-12(16)8-18-20(14)5-6-21-2/h3-4,7-8,13,19H,5-6,17H2,1-2H3. The van der Waals surface area contributed by atoms with Gasteiger partial charge >= 0.3 is 0 Å². The number of aryl methyl sites for hydroxylation is 1. The number of nitrogens with one attached hydrogen (secondary N) is 1. The van der Waals surface area contributed by atoms with Gasteiger partial charge in [-0.3, -0.25) is 10.5 Å². The second-order valence-electron chi connectivity index (χ2n) is 4.72.